The molecule has 3 heterocycles. The van der Waals surface area contributed by atoms with E-state index in [0.29, 0.717) is 5.56 Å². The number of aryl methyl sites for hydroxylation is 2. The second-order valence-electron chi connectivity index (χ2n) is 11.3. The number of nitrogens with zero attached hydrogens (tertiary/aromatic N) is 2. The Kier molecular flexibility index (Phi) is 9.81. The Morgan fingerprint density at radius 1 is 0.792 bits per heavy atom. The fraction of sp³-hybridized carbons (Fsp3) is 0.333. The molecule has 6 rings (SSSR count). The van der Waals surface area contributed by atoms with Gasteiger partial charge in [0, 0.05) is 17.8 Å². The van der Waals surface area contributed by atoms with E-state index in [1.807, 2.05) is 6.07 Å². The van der Waals surface area contributed by atoms with Gasteiger partial charge in [-0.05, 0) is 45.0 Å². The maximum Gasteiger partial charge on any atom is 0.353 e. The number of rotatable bonds is 10. The van der Waals surface area contributed by atoms with Crippen molar-refractivity contribution in [3.05, 3.63) is 118 Å². The zero-order chi connectivity index (χ0) is 34.1. The summed E-state index contributed by atoms with van der Waals surface area (Å²) >= 11 is 0. The van der Waals surface area contributed by atoms with Crippen LogP contribution in [0.1, 0.15) is 36.1 Å². The first-order valence-corrected chi connectivity index (χ1v) is 18.0. The summed E-state index contributed by atoms with van der Waals surface area (Å²) in [7, 11) is -9.18. The first-order valence-electron chi connectivity index (χ1n) is 15.1. The minimum Gasteiger partial charge on any atom is -0.478 e. The van der Waals surface area contributed by atoms with Gasteiger partial charge < -0.3 is 18.9 Å². The van der Waals surface area contributed by atoms with Crippen molar-refractivity contribution in [1.29, 1.82) is 0 Å². The van der Waals surface area contributed by atoms with E-state index >= 15 is 0 Å². The number of fused-ring (bicyclic) bond motifs is 1. The highest BCUT2D eigenvalue weighted by molar-refractivity contribution is 7.87. The van der Waals surface area contributed by atoms with Crippen LogP contribution in [0.3, 0.4) is 0 Å². The van der Waals surface area contributed by atoms with Crippen molar-refractivity contribution in [1.82, 2.24) is 9.55 Å². The molecule has 0 aliphatic carbocycles. The van der Waals surface area contributed by atoms with Gasteiger partial charge in [-0.25, -0.2) is 4.79 Å². The van der Waals surface area contributed by atoms with Crippen LogP contribution >= 0.6 is 0 Å². The summed E-state index contributed by atoms with van der Waals surface area (Å²) in [6.07, 6.45) is -6.99. The van der Waals surface area contributed by atoms with E-state index in [1.54, 1.807) is 69.3 Å². The molecule has 4 aromatic rings. The maximum absolute atomic E-state index is 13.8. The van der Waals surface area contributed by atoms with E-state index in [2.05, 4.69) is 4.98 Å². The number of aromatic nitrogens is 2. The molecule has 0 radical (unpaired) electrons. The molecule has 0 bridgehead atoms. The third-order valence-corrected chi connectivity index (χ3v) is 10.5. The minimum atomic E-state index is -4.61. The second kappa shape index (κ2) is 13.9. The quantitative estimate of drug-likeness (QED) is 0.221. The van der Waals surface area contributed by atoms with Crippen molar-refractivity contribution in [2.75, 3.05) is 13.2 Å². The Balaban J connectivity index is 1.48. The summed E-state index contributed by atoms with van der Waals surface area (Å²) in [5.41, 5.74) is 1.36. The van der Waals surface area contributed by atoms with Crippen LogP contribution in [0.25, 0.3) is 0 Å². The molecular formula is C33H34N2O11S2. The lowest BCUT2D eigenvalue weighted by atomic mass is 9.97. The molecule has 0 amide bonds. The Hall–Kier alpha value is -3.96. The molecule has 2 aliphatic heterocycles. The van der Waals surface area contributed by atoms with Gasteiger partial charge in [-0.1, -0.05) is 65.7 Å². The normalized spacial score (nSPS) is 24.5. The average molecular weight is 699 g/mol. The van der Waals surface area contributed by atoms with Gasteiger partial charge in [-0.3, -0.25) is 12.9 Å². The highest BCUT2D eigenvalue weighted by Gasteiger charge is 2.55. The first kappa shape index (κ1) is 33.9. The lowest BCUT2D eigenvalue weighted by Gasteiger charge is -2.48. The molecule has 0 N–H and O–H groups in total. The molecule has 15 heteroatoms. The average Bonchev–Trinajstić information content (AvgIpc) is 3.06. The van der Waals surface area contributed by atoms with E-state index in [1.165, 1.54) is 36.5 Å². The van der Waals surface area contributed by atoms with Crippen molar-refractivity contribution < 1.29 is 44.1 Å². The van der Waals surface area contributed by atoms with Gasteiger partial charge in [0.1, 0.15) is 18.3 Å². The SMILES string of the molecule is CCOc1ccn(C2OC3COC(c4ccccc4)OC3C(OS(=O)(=O)c3ccc(C)cc3)C2OS(=O)(=O)c2ccc(C)cc2)c(=O)n1. The molecule has 2 saturated heterocycles. The van der Waals surface area contributed by atoms with Crippen LogP contribution in [0, 0.1) is 13.8 Å². The van der Waals surface area contributed by atoms with Gasteiger partial charge in [0.05, 0.1) is 23.0 Å². The number of ether oxygens (including phenoxy) is 4. The molecule has 254 valence electrons. The summed E-state index contributed by atoms with van der Waals surface area (Å²) in [6.45, 7) is 5.43. The van der Waals surface area contributed by atoms with Crippen LogP contribution in [0.15, 0.2) is 106 Å². The molecule has 6 atom stereocenters. The van der Waals surface area contributed by atoms with Crippen molar-refractivity contribution in [2.45, 2.75) is 67.5 Å². The molecule has 1 aromatic heterocycles. The fourth-order valence-electron chi connectivity index (χ4n) is 5.41. The lowest BCUT2D eigenvalue weighted by molar-refractivity contribution is -0.332. The van der Waals surface area contributed by atoms with E-state index in [-0.39, 0.29) is 28.9 Å². The van der Waals surface area contributed by atoms with Gasteiger partial charge in [0.25, 0.3) is 20.2 Å². The number of hydrogen-bond acceptors (Lipinski definition) is 12. The molecule has 2 fully saturated rings. The molecule has 13 nitrogen and oxygen atoms in total. The summed E-state index contributed by atoms with van der Waals surface area (Å²) < 4.78 is 91.9. The zero-order valence-electron chi connectivity index (χ0n) is 26.2. The van der Waals surface area contributed by atoms with Crippen LogP contribution in [-0.2, 0) is 42.8 Å². The molecule has 6 unspecified atom stereocenters. The van der Waals surface area contributed by atoms with E-state index < -0.39 is 62.9 Å². The molecular weight excluding hydrogens is 664 g/mol. The molecule has 3 aromatic carbocycles. The lowest BCUT2D eigenvalue weighted by Crippen LogP contribution is -2.62. The van der Waals surface area contributed by atoms with Crippen LogP contribution < -0.4 is 10.4 Å². The van der Waals surface area contributed by atoms with Gasteiger partial charge in [-0.15, -0.1) is 0 Å². The second-order valence-corrected chi connectivity index (χ2v) is 14.4. The Labute approximate surface area is 278 Å². The van der Waals surface area contributed by atoms with Crippen LogP contribution in [-0.4, -0.2) is 64.0 Å². The minimum absolute atomic E-state index is 0.0296. The van der Waals surface area contributed by atoms with Crippen LogP contribution in [0.4, 0.5) is 0 Å². The van der Waals surface area contributed by atoms with Gasteiger partial charge in [0.2, 0.25) is 5.88 Å². The Bertz CT molecular complexity index is 2000. The van der Waals surface area contributed by atoms with Crippen molar-refractivity contribution in [3.63, 3.8) is 0 Å². The predicted octanol–water partition coefficient (Wildman–Crippen LogP) is 3.82. The number of benzene rings is 3. The molecule has 0 saturated carbocycles. The molecule has 48 heavy (non-hydrogen) atoms. The Morgan fingerprint density at radius 3 is 1.94 bits per heavy atom. The van der Waals surface area contributed by atoms with Gasteiger partial charge in [0.15, 0.2) is 18.6 Å². The van der Waals surface area contributed by atoms with Gasteiger partial charge in [-0.2, -0.15) is 21.8 Å². The largest absolute Gasteiger partial charge is 0.478 e. The standard InChI is InChI=1S/C33H34N2O11S2/c1-4-41-27-18-19-35(33(36)34-27)31-30(46-48(39,40)25-16-12-22(3)13-17-25)29(45-47(37,38)24-14-10-21(2)11-15-24)28-26(43-31)20-42-32(44-28)23-8-6-5-7-9-23/h5-19,26,28-32H,4,20H2,1-3H3. The highest BCUT2D eigenvalue weighted by atomic mass is 32.2. The summed E-state index contributed by atoms with van der Waals surface area (Å²) in [4.78, 5) is 16.9. The van der Waals surface area contributed by atoms with Crippen LogP contribution in [0.2, 0.25) is 0 Å². The van der Waals surface area contributed by atoms with Crippen LogP contribution in [0.5, 0.6) is 5.88 Å². The van der Waals surface area contributed by atoms with Gasteiger partial charge >= 0.3 is 5.69 Å². The smallest absolute Gasteiger partial charge is 0.353 e. The fourth-order valence-corrected chi connectivity index (χ4v) is 7.58. The predicted molar refractivity (Wildman–Crippen MR) is 170 cm³/mol. The third-order valence-electron chi connectivity index (χ3n) is 7.84. The first-order chi connectivity index (χ1) is 22.9. The molecule has 2 aliphatic rings. The highest BCUT2D eigenvalue weighted by Crippen LogP contribution is 2.41. The summed E-state index contributed by atoms with van der Waals surface area (Å²) in [5.74, 6) is 0.0296. The Morgan fingerprint density at radius 2 is 1.38 bits per heavy atom. The topological polar surface area (TPSA) is 159 Å². The monoisotopic (exact) mass is 698 g/mol. The van der Waals surface area contributed by atoms with E-state index in [4.69, 9.17) is 27.3 Å². The maximum atomic E-state index is 13.8. The summed E-state index contributed by atoms with van der Waals surface area (Å²) in [6, 6.07) is 22.1. The summed E-state index contributed by atoms with van der Waals surface area (Å²) in [5, 5.41) is 0. The zero-order valence-corrected chi connectivity index (χ0v) is 27.9. The molecule has 0 spiro atoms. The van der Waals surface area contributed by atoms with Crippen molar-refractivity contribution >= 4 is 20.2 Å². The van der Waals surface area contributed by atoms with E-state index in [0.717, 1.165) is 15.7 Å². The van der Waals surface area contributed by atoms with Crippen molar-refractivity contribution in [2.24, 2.45) is 0 Å². The van der Waals surface area contributed by atoms with E-state index in [9.17, 15) is 21.6 Å². The van der Waals surface area contributed by atoms with Crippen molar-refractivity contribution in [3.8, 4) is 5.88 Å². The number of hydrogen-bond donors (Lipinski definition) is 0. The third kappa shape index (κ3) is 7.22.